The summed E-state index contributed by atoms with van der Waals surface area (Å²) < 4.78 is 28.9. The fraction of sp³-hybridized carbons (Fsp3) is 0.211. The highest BCUT2D eigenvalue weighted by molar-refractivity contribution is 6.32. The third kappa shape index (κ3) is 5.38. The largest absolute Gasteiger partial charge is 0.493 e. The van der Waals surface area contributed by atoms with Crippen molar-refractivity contribution in [3.8, 4) is 11.5 Å². The highest BCUT2D eigenvalue weighted by atomic mass is 35.5. The van der Waals surface area contributed by atoms with Crippen LogP contribution in [0.1, 0.15) is 18.1 Å². The van der Waals surface area contributed by atoms with Crippen molar-refractivity contribution in [1.82, 2.24) is 0 Å². The molecule has 2 rings (SSSR count). The van der Waals surface area contributed by atoms with Crippen molar-refractivity contribution >= 4 is 35.2 Å². The summed E-state index contributed by atoms with van der Waals surface area (Å²) in [5.74, 6) is -0.164. The van der Waals surface area contributed by atoms with Gasteiger partial charge in [-0.3, -0.25) is 0 Å². The lowest BCUT2D eigenvalue weighted by molar-refractivity contribution is -0.137. The van der Waals surface area contributed by atoms with Crippen molar-refractivity contribution in [1.29, 1.82) is 0 Å². The Morgan fingerprint density at radius 1 is 1.19 bits per heavy atom. The molecule has 0 bridgehead atoms. The molecular weight excluding hydrogens is 382 g/mol. The first-order valence-electron chi connectivity index (χ1n) is 7.73. The van der Waals surface area contributed by atoms with Crippen LogP contribution in [-0.4, -0.2) is 19.7 Å². The number of ether oxygens (including phenoxy) is 3. The maximum absolute atomic E-state index is 13.1. The highest BCUT2D eigenvalue weighted by Crippen LogP contribution is 2.37. The lowest BCUT2D eigenvalue weighted by atomic mass is 10.2. The molecule has 26 heavy (non-hydrogen) atoms. The molecule has 0 radical (unpaired) electrons. The minimum absolute atomic E-state index is 0.0905. The first-order chi connectivity index (χ1) is 12.4. The molecule has 2 aromatic carbocycles. The summed E-state index contributed by atoms with van der Waals surface area (Å²) in [5, 5.41) is 0.556. The van der Waals surface area contributed by atoms with E-state index >= 15 is 0 Å². The summed E-state index contributed by atoms with van der Waals surface area (Å²) >= 11 is 12.3. The monoisotopic (exact) mass is 398 g/mol. The topological polar surface area (TPSA) is 44.8 Å². The Hall–Kier alpha value is -2.24. The second kappa shape index (κ2) is 9.46. The van der Waals surface area contributed by atoms with E-state index in [0.29, 0.717) is 34.3 Å². The van der Waals surface area contributed by atoms with Gasteiger partial charge in [-0.25, -0.2) is 9.18 Å². The molecule has 0 N–H and O–H groups in total. The quantitative estimate of drug-likeness (QED) is 0.469. The SMILES string of the molecule is CCOC(=O)/C=C/c1cc(Cl)c(OCc2ccc(F)cc2Cl)c(OC)c1. The molecule has 0 amide bonds. The van der Waals surface area contributed by atoms with E-state index in [2.05, 4.69) is 0 Å². The normalized spacial score (nSPS) is 10.8. The van der Waals surface area contributed by atoms with E-state index in [4.69, 9.17) is 37.4 Å². The lowest BCUT2D eigenvalue weighted by Gasteiger charge is -2.14. The van der Waals surface area contributed by atoms with E-state index in [1.54, 1.807) is 25.1 Å². The summed E-state index contributed by atoms with van der Waals surface area (Å²) in [6.07, 6.45) is 2.86. The van der Waals surface area contributed by atoms with Crippen molar-refractivity contribution in [3.63, 3.8) is 0 Å². The van der Waals surface area contributed by atoms with Crippen molar-refractivity contribution in [3.05, 3.63) is 63.4 Å². The summed E-state index contributed by atoms with van der Waals surface area (Å²) in [5.41, 5.74) is 1.25. The number of esters is 1. The maximum Gasteiger partial charge on any atom is 0.330 e. The summed E-state index contributed by atoms with van der Waals surface area (Å²) in [7, 11) is 1.47. The fourth-order valence-electron chi connectivity index (χ4n) is 2.12. The Kier molecular flexibility index (Phi) is 7.30. The van der Waals surface area contributed by atoms with E-state index in [0.717, 1.165) is 0 Å². The van der Waals surface area contributed by atoms with Gasteiger partial charge in [0.1, 0.15) is 12.4 Å². The van der Waals surface area contributed by atoms with Gasteiger partial charge in [0.25, 0.3) is 0 Å². The minimum Gasteiger partial charge on any atom is -0.493 e. The van der Waals surface area contributed by atoms with Crippen molar-refractivity contribution in [2.24, 2.45) is 0 Å². The molecule has 4 nitrogen and oxygen atoms in total. The van der Waals surface area contributed by atoms with Crippen LogP contribution >= 0.6 is 23.2 Å². The molecular formula is C19H17Cl2FO4. The van der Waals surface area contributed by atoms with Gasteiger partial charge in [0.2, 0.25) is 0 Å². The molecule has 0 saturated carbocycles. The smallest absolute Gasteiger partial charge is 0.330 e. The zero-order valence-electron chi connectivity index (χ0n) is 14.2. The average Bonchev–Trinajstić information content (AvgIpc) is 2.60. The molecule has 138 valence electrons. The predicted molar refractivity (Wildman–Crippen MR) is 99.4 cm³/mol. The molecule has 0 aliphatic rings. The Labute approximate surface area is 161 Å². The predicted octanol–water partition coefficient (Wildman–Crippen LogP) is 5.30. The second-order valence-electron chi connectivity index (χ2n) is 5.14. The van der Waals surface area contributed by atoms with Gasteiger partial charge >= 0.3 is 5.97 Å². The number of carbonyl (C=O) groups is 1. The van der Waals surface area contributed by atoms with Crippen LogP contribution in [0.4, 0.5) is 4.39 Å². The van der Waals surface area contributed by atoms with E-state index in [1.807, 2.05) is 0 Å². The second-order valence-corrected chi connectivity index (χ2v) is 5.96. The molecule has 0 saturated heterocycles. The van der Waals surface area contributed by atoms with Gasteiger partial charge in [0.05, 0.1) is 23.8 Å². The van der Waals surface area contributed by atoms with Gasteiger partial charge in [0, 0.05) is 11.6 Å². The van der Waals surface area contributed by atoms with E-state index in [9.17, 15) is 9.18 Å². The lowest BCUT2D eigenvalue weighted by Crippen LogP contribution is -2.00. The van der Waals surface area contributed by atoms with Gasteiger partial charge in [-0.2, -0.15) is 0 Å². The number of benzene rings is 2. The number of halogens is 3. The van der Waals surface area contributed by atoms with E-state index < -0.39 is 11.8 Å². The third-order valence-electron chi connectivity index (χ3n) is 3.34. The molecule has 0 atom stereocenters. The van der Waals surface area contributed by atoms with Crippen molar-refractivity contribution in [2.45, 2.75) is 13.5 Å². The Balaban J connectivity index is 2.19. The number of hydrogen-bond acceptors (Lipinski definition) is 4. The summed E-state index contributed by atoms with van der Waals surface area (Å²) in [4.78, 5) is 11.4. The molecule has 0 fully saturated rings. The molecule has 2 aromatic rings. The van der Waals surface area contributed by atoms with Crippen molar-refractivity contribution < 1.29 is 23.4 Å². The Bertz CT molecular complexity index is 821. The molecule has 7 heteroatoms. The summed E-state index contributed by atoms with van der Waals surface area (Å²) in [6, 6.07) is 7.34. The number of hydrogen-bond donors (Lipinski definition) is 0. The Morgan fingerprint density at radius 3 is 2.62 bits per heavy atom. The zero-order valence-corrected chi connectivity index (χ0v) is 15.7. The van der Waals surface area contributed by atoms with Crippen LogP contribution in [0.5, 0.6) is 11.5 Å². The Morgan fingerprint density at radius 2 is 1.96 bits per heavy atom. The van der Waals surface area contributed by atoms with Gasteiger partial charge in [-0.05, 0) is 42.8 Å². The third-order valence-corrected chi connectivity index (χ3v) is 3.97. The summed E-state index contributed by atoms with van der Waals surface area (Å²) in [6.45, 7) is 2.12. The van der Waals surface area contributed by atoms with Gasteiger partial charge in [-0.1, -0.05) is 29.3 Å². The van der Waals surface area contributed by atoms with Crippen LogP contribution in [-0.2, 0) is 16.1 Å². The number of carbonyl (C=O) groups excluding carboxylic acids is 1. The molecule has 0 unspecified atom stereocenters. The fourth-order valence-corrected chi connectivity index (χ4v) is 2.61. The first-order valence-corrected chi connectivity index (χ1v) is 8.49. The van der Waals surface area contributed by atoms with Crippen LogP contribution < -0.4 is 9.47 Å². The number of rotatable bonds is 7. The highest BCUT2D eigenvalue weighted by Gasteiger charge is 2.13. The van der Waals surface area contributed by atoms with Gasteiger partial charge in [-0.15, -0.1) is 0 Å². The molecule has 0 spiro atoms. The van der Waals surface area contributed by atoms with Gasteiger partial charge in [0.15, 0.2) is 11.5 Å². The molecule has 0 aliphatic carbocycles. The number of methoxy groups -OCH3 is 1. The van der Waals surface area contributed by atoms with Crippen LogP contribution in [0, 0.1) is 5.82 Å². The van der Waals surface area contributed by atoms with Gasteiger partial charge < -0.3 is 14.2 Å². The maximum atomic E-state index is 13.1. The van der Waals surface area contributed by atoms with Crippen LogP contribution in [0.3, 0.4) is 0 Å². The standard InChI is InChI=1S/C19H17Cl2FO4/c1-3-25-18(23)7-4-12-8-16(21)19(17(9-12)24-2)26-11-13-5-6-14(22)10-15(13)20/h4-10H,3,11H2,1-2H3/b7-4+. The molecule has 0 heterocycles. The molecule has 0 aliphatic heterocycles. The van der Waals surface area contributed by atoms with Crippen LogP contribution in [0.2, 0.25) is 10.0 Å². The minimum atomic E-state index is -0.450. The average molecular weight is 399 g/mol. The van der Waals surface area contributed by atoms with E-state index in [1.165, 1.54) is 31.4 Å². The van der Waals surface area contributed by atoms with Crippen LogP contribution in [0.15, 0.2) is 36.4 Å². The van der Waals surface area contributed by atoms with Crippen molar-refractivity contribution in [2.75, 3.05) is 13.7 Å². The van der Waals surface area contributed by atoms with E-state index in [-0.39, 0.29) is 11.6 Å². The zero-order chi connectivity index (χ0) is 19.1. The van der Waals surface area contributed by atoms with Crippen LogP contribution in [0.25, 0.3) is 6.08 Å². The molecule has 0 aromatic heterocycles. The first kappa shape index (κ1) is 20.1.